The summed E-state index contributed by atoms with van der Waals surface area (Å²) < 4.78 is 14.8. The molecule has 0 unspecified atom stereocenters. The molecule has 0 aliphatic carbocycles. The van der Waals surface area contributed by atoms with E-state index in [9.17, 15) is 0 Å². The molecule has 0 N–H and O–H groups in total. The first-order valence-electron chi connectivity index (χ1n) is 20.1. The number of rotatable bonds is 8. The summed E-state index contributed by atoms with van der Waals surface area (Å²) in [5.74, 6) is 1.37. The fourth-order valence-corrected chi connectivity index (χ4v) is 8.63. The van der Waals surface area contributed by atoms with E-state index >= 15 is 0 Å². The summed E-state index contributed by atoms with van der Waals surface area (Å²) in [6.45, 7) is 0. The van der Waals surface area contributed by atoms with Gasteiger partial charge in [-0.05, 0) is 91.0 Å². The summed E-state index contributed by atoms with van der Waals surface area (Å²) in [4.78, 5) is 9.69. The molecule has 9 heteroatoms. The topological polar surface area (TPSA) is 80.5 Å². The van der Waals surface area contributed by atoms with Crippen LogP contribution in [0.4, 0.5) is 0 Å². The fourth-order valence-electron chi connectivity index (χ4n) is 8.63. The van der Waals surface area contributed by atoms with Crippen LogP contribution in [0.1, 0.15) is 0 Å². The van der Waals surface area contributed by atoms with Crippen LogP contribution in [-0.2, 0) is 0 Å². The first-order valence-corrected chi connectivity index (χ1v) is 20.1. The highest BCUT2D eigenvalue weighted by Crippen LogP contribution is 2.35. The summed E-state index contributed by atoms with van der Waals surface area (Å²) in [6, 6.07) is 62.2. The van der Waals surface area contributed by atoms with Crippen molar-refractivity contribution in [2.24, 2.45) is 0 Å². The molecule has 0 radical (unpaired) electrons. The predicted octanol–water partition coefficient (Wildman–Crippen LogP) is 12.2. The van der Waals surface area contributed by atoms with Crippen molar-refractivity contribution in [1.82, 2.24) is 38.7 Å². The lowest BCUT2D eigenvalue weighted by molar-refractivity contribution is 0.482. The van der Waals surface area contributed by atoms with E-state index in [2.05, 4.69) is 124 Å². The molecule has 0 spiro atoms. The molecule has 61 heavy (non-hydrogen) atoms. The average Bonchev–Trinajstić information content (AvgIpc) is 4.14. The van der Waals surface area contributed by atoms with E-state index in [1.807, 2.05) is 94.7 Å². The second kappa shape index (κ2) is 14.1. The molecule has 0 aliphatic heterocycles. The van der Waals surface area contributed by atoms with Crippen LogP contribution in [0.3, 0.4) is 0 Å². The number of hydrogen-bond donors (Lipinski definition) is 0. The van der Waals surface area contributed by atoms with Crippen molar-refractivity contribution in [3.8, 4) is 56.9 Å². The van der Waals surface area contributed by atoms with E-state index in [0.717, 1.165) is 73.0 Å². The van der Waals surface area contributed by atoms with Crippen molar-refractivity contribution in [2.45, 2.75) is 0 Å². The minimum atomic E-state index is 0.682. The molecular formula is C52H34N8O. The monoisotopic (exact) mass is 786 g/mol. The second-order valence-electron chi connectivity index (χ2n) is 14.9. The molecule has 0 saturated carbocycles. The third-order valence-corrected chi connectivity index (χ3v) is 11.3. The van der Waals surface area contributed by atoms with Crippen LogP contribution < -0.4 is 4.74 Å². The lowest BCUT2D eigenvalue weighted by Gasteiger charge is -2.13. The zero-order chi connectivity index (χ0) is 40.3. The average molecular weight is 787 g/mol. The maximum atomic E-state index is 6.49. The maximum Gasteiger partial charge on any atom is 0.145 e. The Bertz CT molecular complexity index is 3230. The third-order valence-electron chi connectivity index (χ3n) is 11.3. The third kappa shape index (κ3) is 5.78. The molecule has 6 aromatic heterocycles. The molecule has 0 aliphatic rings. The van der Waals surface area contributed by atoms with Gasteiger partial charge in [-0.1, -0.05) is 78.9 Å². The van der Waals surface area contributed by atoms with Gasteiger partial charge in [0, 0.05) is 51.1 Å². The van der Waals surface area contributed by atoms with Crippen LogP contribution in [0.15, 0.2) is 207 Å². The second-order valence-corrected chi connectivity index (χ2v) is 14.9. The van der Waals surface area contributed by atoms with E-state index in [4.69, 9.17) is 24.9 Å². The fraction of sp³-hybridized carbons (Fsp3) is 0. The number of pyridine rings is 2. The van der Waals surface area contributed by atoms with Gasteiger partial charge < -0.3 is 9.30 Å². The van der Waals surface area contributed by atoms with Crippen LogP contribution in [0.5, 0.6) is 11.5 Å². The van der Waals surface area contributed by atoms with Gasteiger partial charge in [0.15, 0.2) is 0 Å². The summed E-state index contributed by atoms with van der Waals surface area (Å²) in [6.07, 6.45) is 7.40. The SMILES string of the molecule is c1cc(Oc2cccc(-n3nccc3-c3ccc(-n4c5ccccc5c5ccccc54)cn3)c2)cc(-n2nccc2-c2ccc(-n3c4ccccc4c4cccnc43)cc2)c1. The van der Waals surface area contributed by atoms with Gasteiger partial charge in [-0.2, -0.15) is 10.2 Å². The van der Waals surface area contributed by atoms with Crippen molar-refractivity contribution in [1.29, 1.82) is 0 Å². The Morgan fingerprint density at radius 3 is 1.57 bits per heavy atom. The molecule has 9 nitrogen and oxygen atoms in total. The van der Waals surface area contributed by atoms with Crippen LogP contribution in [0, 0.1) is 0 Å². The van der Waals surface area contributed by atoms with Gasteiger partial charge in [0.25, 0.3) is 0 Å². The zero-order valence-corrected chi connectivity index (χ0v) is 32.6. The largest absolute Gasteiger partial charge is 0.457 e. The van der Waals surface area contributed by atoms with Crippen LogP contribution in [-0.4, -0.2) is 38.7 Å². The number of hydrogen-bond acceptors (Lipinski definition) is 5. The van der Waals surface area contributed by atoms with Gasteiger partial charge in [0.2, 0.25) is 0 Å². The van der Waals surface area contributed by atoms with Gasteiger partial charge in [-0.15, -0.1) is 0 Å². The maximum absolute atomic E-state index is 6.49. The van der Waals surface area contributed by atoms with Gasteiger partial charge in [-0.3, -0.25) is 9.55 Å². The van der Waals surface area contributed by atoms with Crippen molar-refractivity contribution in [3.05, 3.63) is 207 Å². The van der Waals surface area contributed by atoms with Gasteiger partial charge >= 0.3 is 0 Å². The van der Waals surface area contributed by atoms with E-state index in [1.165, 1.54) is 16.2 Å². The Morgan fingerprint density at radius 1 is 0.377 bits per heavy atom. The van der Waals surface area contributed by atoms with Crippen molar-refractivity contribution in [2.75, 3.05) is 0 Å². The number of nitrogens with zero attached hydrogens (tertiary/aromatic N) is 8. The predicted molar refractivity (Wildman–Crippen MR) is 242 cm³/mol. The van der Waals surface area contributed by atoms with E-state index in [-0.39, 0.29) is 0 Å². The Hall–Kier alpha value is -8.56. The summed E-state index contributed by atoms with van der Waals surface area (Å²) in [7, 11) is 0. The molecule has 6 heterocycles. The number of fused-ring (bicyclic) bond motifs is 6. The van der Waals surface area contributed by atoms with Crippen LogP contribution in [0.2, 0.25) is 0 Å². The molecular weight excluding hydrogens is 753 g/mol. The van der Waals surface area contributed by atoms with Gasteiger partial charge in [0.05, 0.1) is 69.3 Å². The van der Waals surface area contributed by atoms with E-state index < -0.39 is 0 Å². The molecule has 0 atom stereocenters. The molecule has 12 rings (SSSR count). The number of ether oxygens (including phenoxy) is 1. The molecule has 0 bridgehead atoms. The quantitative estimate of drug-likeness (QED) is 0.153. The normalized spacial score (nSPS) is 11.6. The minimum absolute atomic E-state index is 0.682. The zero-order valence-electron chi connectivity index (χ0n) is 32.6. The minimum Gasteiger partial charge on any atom is -0.457 e. The van der Waals surface area contributed by atoms with Gasteiger partial charge in [-0.25, -0.2) is 14.3 Å². The summed E-state index contributed by atoms with van der Waals surface area (Å²) in [5.41, 5.74) is 11.8. The number of para-hydroxylation sites is 3. The molecule has 288 valence electrons. The van der Waals surface area contributed by atoms with E-state index in [1.54, 1.807) is 6.20 Å². The lowest BCUT2D eigenvalue weighted by Crippen LogP contribution is -2.01. The van der Waals surface area contributed by atoms with Crippen molar-refractivity contribution in [3.63, 3.8) is 0 Å². The molecule has 0 saturated heterocycles. The summed E-state index contributed by atoms with van der Waals surface area (Å²) in [5, 5.41) is 14.2. The molecule has 0 amide bonds. The van der Waals surface area contributed by atoms with Crippen molar-refractivity contribution >= 4 is 43.7 Å². The highest BCUT2D eigenvalue weighted by molar-refractivity contribution is 6.09. The highest BCUT2D eigenvalue weighted by atomic mass is 16.5. The van der Waals surface area contributed by atoms with E-state index in [0.29, 0.717) is 11.5 Å². The Kier molecular flexibility index (Phi) is 7.95. The Morgan fingerprint density at radius 2 is 0.934 bits per heavy atom. The Labute approximate surface area is 349 Å². The van der Waals surface area contributed by atoms with Crippen molar-refractivity contribution < 1.29 is 4.74 Å². The Balaban J connectivity index is 0.806. The lowest BCUT2D eigenvalue weighted by atomic mass is 10.1. The number of benzene rings is 6. The van der Waals surface area contributed by atoms with Gasteiger partial charge in [0.1, 0.15) is 17.1 Å². The highest BCUT2D eigenvalue weighted by Gasteiger charge is 2.16. The first-order chi connectivity index (χ1) is 30.2. The molecule has 6 aromatic carbocycles. The first kappa shape index (κ1) is 34.5. The smallest absolute Gasteiger partial charge is 0.145 e. The summed E-state index contributed by atoms with van der Waals surface area (Å²) >= 11 is 0. The molecule has 0 fully saturated rings. The standard InChI is InChI=1S/C52H34N8O/c1-4-18-48-42(14-1)43-15-2-5-19-49(43)57(48)39-25-26-46(54-34-39)51-28-31-56-60(51)38-11-8-13-41(33-38)61-40-12-7-10-37(32-40)59-47(27-30-55-59)35-21-23-36(24-22-35)58-50-20-6-3-16-44(50)45-17-9-29-53-52(45)58/h1-34H. The molecule has 12 aromatic rings. The number of aromatic nitrogens is 8. The van der Waals surface area contributed by atoms with Crippen LogP contribution in [0.25, 0.3) is 89.1 Å². The van der Waals surface area contributed by atoms with Crippen LogP contribution >= 0.6 is 0 Å².